The first-order valence-electron chi connectivity index (χ1n) is 6.82. The molecule has 2 nitrogen and oxygen atoms in total. The van der Waals surface area contributed by atoms with Crippen molar-refractivity contribution in [3.05, 3.63) is 29.6 Å². The summed E-state index contributed by atoms with van der Waals surface area (Å²) in [5.74, 6) is 1.29. The van der Waals surface area contributed by atoms with Gasteiger partial charge >= 0.3 is 0 Å². The zero-order valence-corrected chi connectivity index (χ0v) is 10.9. The summed E-state index contributed by atoms with van der Waals surface area (Å²) in [7, 11) is 0. The average Bonchev–Trinajstić information content (AvgIpc) is 2.38. The van der Waals surface area contributed by atoms with Crippen molar-refractivity contribution in [3.63, 3.8) is 0 Å². The third-order valence-electron chi connectivity index (χ3n) is 4.13. The molecule has 1 N–H and O–H groups in total. The third kappa shape index (κ3) is 3.06. The summed E-state index contributed by atoms with van der Waals surface area (Å²) in [6.45, 7) is 4.24. The van der Waals surface area contributed by atoms with Gasteiger partial charge in [0.15, 0.2) is 0 Å². The molecule has 2 rings (SSSR count). The van der Waals surface area contributed by atoms with E-state index in [1.54, 1.807) is 0 Å². The monoisotopic (exact) mass is 233 g/mol. The molecule has 2 heteroatoms. The molecule has 0 bridgehead atoms. The van der Waals surface area contributed by atoms with E-state index in [0.29, 0.717) is 5.92 Å². The van der Waals surface area contributed by atoms with Crippen LogP contribution in [0.5, 0.6) is 0 Å². The van der Waals surface area contributed by atoms with Crippen molar-refractivity contribution in [1.82, 2.24) is 4.98 Å². The predicted octanol–water partition coefficient (Wildman–Crippen LogP) is 3.64. The number of aliphatic hydroxyl groups excluding tert-OH is 1. The average molecular weight is 233 g/mol. The minimum absolute atomic E-state index is 0.368. The molecule has 1 aromatic rings. The summed E-state index contributed by atoms with van der Waals surface area (Å²) >= 11 is 0. The number of aromatic nitrogens is 1. The lowest BCUT2D eigenvalue weighted by molar-refractivity contribution is 0.0695. The van der Waals surface area contributed by atoms with Crippen molar-refractivity contribution in [2.45, 2.75) is 52.1 Å². The lowest BCUT2D eigenvalue weighted by Crippen LogP contribution is -2.21. The van der Waals surface area contributed by atoms with Gasteiger partial charge < -0.3 is 5.11 Å². The minimum atomic E-state index is -0.368. The molecule has 94 valence electrons. The van der Waals surface area contributed by atoms with Crippen molar-refractivity contribution < 1.29 is 5.11 Å². The smallest absolute Gasteiger partial charge is 0.0987 e. The maximum absolute atomic E-state index is 10.4. The van der Waals surface area contributed by atoms with E-state index in [4.69, 9.17) is 0 Å². The summed E-state index contributed by atoms with van der Waals surface area (Å²) in [5, 5.41) is 10.4. The van der Waals surface area contributed by atoms with Gasteiger partial charge in [-0.25, -0.2) is 0 Å². The molecule has 0 amide bonds. The highest BCUT2D eigenvalue weighted by Crippen LogP contribution is 2.37. The topological polar surface area (TPSA) is 33.1 Å². The summed E-state index contributed by atoms with van der Waals surface area (Å²) in [6, 6.07) is 5.91. The molecule has 1 aliphatic rings. The highest BCUT2D eigenvalue weighted by molar-refractivity contribution is 5.13. The zero-order valence-electron chi connectivity index (χ0n) is 10.9. The molecule has 0 aliphatic heterocycles. The largest absolute Gasteiger partial charge is 0.387 e. The maximum Gasteiger partial charge on any atom is 0.0987 e. The SMILES string of the molecule is CCC1CCC(C(O)c2cccc(C)n2)CC1. The third-order valence-corrected chi connectivity index (χ3v) is 4.13. The van der Waals surface area contributed by atoms with Gasteiger partial charge in [-0.05, 0) is 43.7 Å². The molecular formula is C15H23NO. The molecule has 1 fully saturated rings. The Kier molecular flexibility index (Phi) is 4.16. The standard InChI is InChI=1S/C15H23NO/c1-3-12-7-9-13(10-8-12)15(17)14-6-4-5-11(2)16-14/h4-6,12-13,15,17H,3,7-10H2,1-2H3. The second-order valence-corrected chi connectivity index (χ2v) is 5.34. The lowest BCUT2D eigenvalue weighted by Gasteiger charge is -2.30. The van der Waals surface area contributed by atoms with Crippen molar-refractivity contribution in [3.8, 4) is 0 Å². The number of pyridine rings is 1. The number of hydrogen-bond acceptors (Lipinski definition) is 2. The quantitative estimate of drug-likeness (QED) is 0.864. The fraction of sp³-hybridized carbons (Fsp3) is 0.667. The minimum Gasteiger partial charge on any atom is -0.387 e. The Morgan fingerprint density at radius 2 is 2.00 bits per heavy atom. The van der Waals surface area contributed by atoms with Crippen molar-refractivity contribution >= 4 is 0 Å². The molecule has 1 aliphatic carbocycles. The number of aryl methyl sites for hydroxylation is 1. The van der Waals surface area contributed by atoms with E-state index in [1.807, 2.05) is 25.1 Å². The molecule has 0 aromatic carbocycles. The summed E-state index contributed by atoms with van der Waals surface area (Å²) in [5.41, 5.74) is 1.84. The Morgan fingerprint density at radius 1 is 1.29 bits per heavy atom. The molecule has 1 atom stereocenters. The molecule has 1 saturated carbocycles. The number of nitrogens with zero attached hydrogens (tertiary/aromatic N) is 1. The van der Waals surface area contributed by atoms with Crippen LogP contribution in [0.25, 0.3) is 0 Å². The van der Waals surface area contributed by atoms with Crippen LogP contribution in [0.4, 0.5) is 0 Å². The molecular weight excluding hydrogens is 210 g/mol. The second-order valence-electron chi connectivity index (χ2n) is 5.34. The van der Waals surface area contributed by atoms with E-state index in [1.165, 1.54) is 19.3 Å². The van der Waals surface area contributed by atoms with Gasteiger partial charge in [0.1, 0.15) is 0 Å². The Hall–Kier alpha value is -0.890. The molecule has 17 heavy (non-hydrogen) atoms. The zero-order chi connectivity index (χ0) is 12.3. The molecule has 0 spiro atoms. The predicted molar refractivity (Wildman–Crippen MR) is 69.7 cm³/mol. The van der Waals surface area contributed by atoms with Gasteiger partial charge in [0.25, 0.3) is 0 Å². The summed E-state index contributed by atoms with van der Waals surface area (Å²) < 4.78 is 0. The van der Waals surface area contributed by atoms with E-state index in [2.05, 4.69) is 11.9 Å². The fourth-order valence-electron chi connectivity index (χ4n) is 2.88. The summed E-state index contributed by atoms with van der Waals surface area (Å²) in [4.78, 5) is 4.44. The maximum atomic E-state index is 10.4. The molecule has 0 radical (unpaired) electrons. The first kappa shape index (κ1) is 12.6. The fourth-order valence-corrected chi connectivity index (χ4v) is 2.88. The van der Waals surface area contributed by atoms with Crippen molar-refractivity contribution in [2.24, 2.45) is 11.8 Å². The first-order chi connectivity index (χ1) is 8.20. The van der Waals surface area contributed by atoms with Gasteiger partial charge in [-0.2, -0.15) is 0 Å². The van der Waals surface area contributed by atoms with Crippen molar-refractivity contribution in [2.75, 3.05) is 0 Å². The Bertz CT molecular complexity index is 356. The number of hydrogen-bond donors (Lipinski definition) is 1. The van der Waals surface area contributed by atoms with Crippen LogP contribution in [0.2, 0.25) is 0 Å². The van der Waals surface area contributed by atoms with Crippen LogP contribution < -0.4 is 0 Å². The molecule has 1 aromatic heterocycles. The van der Waals surface area contributed by atoms with Crippen LogP contribution >= 0.6 is 0 Å². The normalized spacial score (nSPS) is 26.8. The van der Waals surface area contributed by atoms with Crippen LogP contribution in [-0.2, 0) is 0 Å². The summed E-state index contributed by atoms with van der Waals surface area (Å²) in [6.07, 6.45) is 5.75. The van der Waals surface area contributed by atoms with Crippen molar-refractivity contribution in [1.29, 1.82) is 0 Å². The Labute approximate surface area is 104 Å². The van der Waals surface area contributed by atoms with Gasteiger partial charge in [-0.1, -0.05) is 32.3 Å². The van der Waals surface area contributed by atoms with E-state index >= 15 is 0 Å². The molecule has 0 saturated heterocycles. The molecule has 1 unspecified atom stereocenters. The van der Waals surface area contributed by atoms with E-state index in [9.17, 15) is 5.11 Å². The van der Waals surface area contributed by atoms with E-state index < -0.39 is 0 Å². The van der Waals surface area contributed by atoms with Crippen LogP contribution in [0.3, 0.4) is 0 Å². The van der Waals surface area contributed by atoms with Crippen LogP contribution in [0.15, 0.2) is 18.2 Å². The van der Waals surface area contributed by atoms with Gasteiger partial charge in [0.05, 0.1) is 11.8 Å². The molecule has 1 heterocycles. The first-order valence-corrected chi connectivity index (χ1v) is 6.82. The lowest BCUT2D eigenvalue weighted by atomic mass is 9.78. The van der Waals surface area contributed by atoms with E-state index in [0.717, 1.165) is 30.1 Å². The number of rotatable bonds is 3. The van der Waals surface area contributed by atoms with Crippen LogP contribution in [0, 0.1) is 18.8 Å². The number of aliphatic hydroxyl groups is 1. The van der Waals surface area contributed by atoms with Gasteiger partial charge in [-0.15, -0.1) is 0 Å². The van der Waals surface area contributed by atoms with Crippen LogP contribution in [-0.4, -0.2) is 10.1 Å². The Morgan fingerprint density at radius 3 is 2.59 bits per heavy atom. The Balaban J connectivity index is 1.99. The second kappa shape index (κ2) is 5.63. The van der Waals surface area contributed by atoms with Gasteiger partial charge in [-0.3, -0.25) is 4.98 Å². The highest BCUT2D eigenvalue weighted by Gasteiger charge is 2.27. The van der Waals surface area contributed by atoms with E-state index in [-0.39, 0.29) is 6.10 Å². The highest BCUT2D eigenvalue weighted by atomic mass is 16.3. The van der Waals surface area contributed by atoms with Gasteiger partial charge in [0, 0.05) is 5.69 Å². The van der Waals surface area contributed by atoms with Gasteiger partial charge in [0.2, 0.25) is 0 Å². The van der Waals surface area contributed by atoms with Crippen LogP contribution in [0.1, 0.15) is 56.5 Å².